The highest BCUT2D eigenvalue weighted by Crippen LogP contribution is 2.17. The summed E-state index contributed by atoms with van der Waals surface area (Å²) < 4.78 is 25.8. The van der Waals surface area contributed by atoms with E-state index in [4.69, 9.17) is 11.6 Å². The van der Waals surface area contributed by atoms with E-state index in [0.717, 1.165) is 12.3 Å². The lowest BCUT2D eigenvalue weighted by atomic mass is 10.0. The second-order valence-corrected chi connectivity index (χ2v) is 4.15. The summed E-state index contributed by atoms with van der Waals surface area (Å²) in [4.78, 5) is 15.4. The number of ketones is 1. The summed E-state index contributed by atoms with van der Waals surface area (Å²) in [6.07, 6.45) is 2.33. The first-order chi connectivity index (χ1) is 8.56. The maximum Gasteiger partial charge on any atom is 0.168 e. The van der Waals surface area contributed by atoms with Gasteiger partial charge >= 0.3 is 0 Å². The van der Waals surface area contributed by atoms with Crippen LogP contribution in [-0.2, 0) is 6.42 Å². The molecule has 1 heterocycles. The average molecular weight is 268 g/mol. The first-order valence-electron chi connectivity index (χ1n) is 5.14. The molecule has 0 fully saturated rings. The zero-order valence-corrected chi connectivity index (χ0v) is 9.92. The fraction of sp³-hybridized carbons (Fsp3) is 0.0769. The lowest BCUT2D eigenvalue weighted by Crippen LogP contribution is -2.04. The van der Waals surface area contributed by atoms with E-state index in [9.17, 15) is 13.6 Å². The van der Waals surface area contributed by atoms with Crippen LogP contribution in [0.1, 0.15) is 15.9 Å². The molecule has 1 aromatic heterocycles. The van der Waals surface area contributed by atoms with Crippen LogP contribution in [0.5, 0.6) is 0 Å². The van der Waals surface area contributed by atoms with Crippen LogP contribution in [0.15, 0.2) is 36.7 Å². The van der Waals surface area contributed by atoms with Crippen molar-refractivity contribution < 1.29 is 13.6 Å². The minimum absolute atomic E-state index is 0.0190. The normalized spacial score (nSPS) is 10.4. The maximum atomic E-state index is 12.9. The molecule has 0 aliphatic rings. The van der Waals surface area contributed by atoms with Crippen molar-refractivity contribution in [1.29, 1.82) is 0 Å². The lowest BCUT2D eigenvalue weighted by Gasteiger charge is -2.02. The van der Waals surface area contributed by atoms with Crippen molar-refractivity contribution >= 4 is 17.4 Å². The SMILES string of the molecule is O=C(Cc1ccc(F)c(Cl)c1)c1cncc(F)c1. The van der Waals surface area contributed by atoms with Gasteiger partial charge in [-0.25, -0.2) is 8.78 Å². The van der Waals surface area contributed by atoms with Gasteiger partial charge in [-0.05, 0) is 23.8 Å². The molecule has 0 saturated heterocycles. The number of carbonyl (C=O) groups excluding carboxylic acids is 1. The number of nitrogens with zero attached hydrogens (tertiary/aromatic N) is 1. The van der Waals surface area contributed by atoms with Gasteiger partial charge in [0.1, 0.15) is 11.6 Å². The minimum Gasteiger partial charge on any atom is -0.294 e. The molecule has 1 aromatic carbocycles. The van der Waals surface area contributed by atoms with Gasteiger partial charge in [0.15, 0.2) is 5.78 Å². The Hall–Kier alpha value is -1.81. The van der Waals surface area contributed by atoms with Crippen molar-refractivity contribution in [2.45, 2.75) is 6.42 Å². The summed E-state index contributed by atoms with van der Waals surface area (Å²) in [7, 11) is 0. The predicted molar refractivity (Wildman–Crippen MR) is 63.6 cm³/mol. The highest BCUT2D eigenvalue weighted by atomic mass is 35.5. The number of halogens is 3. The number of Topliss-reactive ketones (excluding diaryl/α,β-unsaturated/α-hetero) is 1. The van der Waals surface area contributed by atoms with Gasteiger partial charge in [-0.1, -0.05) is 17.7 Å². The third kappa shape index (κ3) is 2.90. The van der Waals surface area contributed by atoms with Crippen molar-refractivity contribution in [1.82, 2.24) is 4.98 Å². The molecule has 0 saturated carbocycles. The molecule has 2 nitrogen and oxygen atoms in total. The predicted octanol–water partition coefficient (Wildman–Crippen LogP) is 3.44. The van der Waals surface area contributed by atoms with Gasteiger partial charge < -0.3 is 0 Å². The molecule has 0 N–H and O–H groups in total. The van der Waals surface area contributed by atoms with Gasteiger partial charge in [-0.3, -0.25) is 9.78 Å². The van der Waals surface area contributed by atoms with Crippen molar-refractivity contribution in [2.75, 3.05) is 0 Å². The number of pyridine rings is 1. The second-order valence-electron chi connectivity index (χ2n) is 3.74. The standard InChI is InChI=1S/C13H8ClF2NO/c14-11-3-8(1-2-12(11)16)4-13(18)9-5-10(15)7-17-6-9/h1-3,5-7H,4H2. The quantitative estimate of drug-likeness (QED) is 0.798. The Balaban J connectivity index is 2.18. The Morgan fingerprint density at radius 2 is 2.00 bits per heavy atom. The number of benzene rings is 1. The zero-order chi connectivity index (χ0) is 13.1. The Kier molecular flexibility index (Phi) is 3.67. The van der Waals surface area contributed by atoms with Crippen molar-refractivity contribution in [3.05, 3.63) is 64.4 Å². The molecular formula is C13H8ClF2NO. The monoisotopic (exact) mass is 267 g/mol. The zero-order valence-electron chi connectivity index (χ0n) is 9.16. The fourth-order valence-corrected chi connectivity index (χ4v) is 1.70. The summed E-state index contributed by atoms with van der Waals surface area (Å²) in [6.45, 7) is 0. The molecule has 92 valence electrons. The molecule has 0 unspecified atom stereocenters. The molecule has 0 spiro atoms. The number of rotatable bonds is 3. The highest BCUT2D eigenvalue weighted by molar-refractivity contribution is 6.30. The topological polar surface area (TPSA) is 30.0 Å². The fourth-order valence-electron chi connectivity index (χ4n) is 1.50. The Morgan fingerprint density at radius 3 is 2.67 bits per heavy atom. The second kappa shape index (κ2) is 5.23. The summed E-state index contributed by atoms with van der Waals surface area (Å²) in [5.74, 6) is -1.41. The van der Waals surface area contributed by atoms with E-state index in [0.29, 0.717) is 5.56 Å². The van der Waals surface area contributed by atoms with Gasteiger partial charge in [0.05, 0.1) is 11.2 Å². The van der Waals surface area contributed by atoms with E-state index < -0.39 is 11.6 Å². The summed E-state index contributed by atoms with van der Waals surface area (Å²) in [6, 6.07) is 5.14. The van der Waals surface area contributed by atoms with Gasteiger partial charge in [0.25, 0.3) is 0 Å². The van der Waals surface area contributed by atoms with Crippen molar-refractivity contribution in [3.8, 4) is 0 Å². The van der Waals surface area contributed by atoms with E-state index >= 15 is 0 Å². The molecule has 5 heteroatoms. The molecule has 0 atom stereocenters. The maximum absolute atomic E-state index is 12.9. The number of hydrogen-bond acceptors (Lipinski definition) is 2. The minimum atomic E-state index is -0.571. The largest absolute Gasteiger partial charge is 0.294 e. The molecule has 0 bridgehead atoms. The Labute approximate surface area is 107 Å². The van der Waals surface area contributed by atoms with E-state index in [1.165, 1.54) is 24.4 Å². The van der Waals surface area contributed by atoms with E-state index in [-0.39, 0.29) is 22.8 Å². The number of hydrogen-bond donors (Lipinski definition) is 0. The van der Waals surface area contributed by atoms with E-state index in [1.54, 1.807) is 0 Å². The smallest absolute Gasteiger partial charge is 0.168 e. The van der Waals surface area contributed by atoms with Crippen molar-refractivity contribution in [2.24, 2.45) is 0 Å². The molecule has 0 amide bonds. The Morgan fingerprint density at radius 1 is 1.22 bits per heavy atom. The highest BCUT2D eigenvalue weighted by Gasteiger charge is 2.10. The van der Waals surface area contributed by atoms with Crippen LogP contribution in [0.2, 0.25) is 5.02 Å². The van der Waals surface area contributed by atoms with Gasteiger partial charge in [0, 0.05) is 18.2 Å². The van der Waals surface area contributed by atoms with Crippen molar-refractivity contribution in [3.63, 3.8) is 0 Å². The van der Waals surface area contributed by atoms with Gasteiger partial charge in [0.2, 0.25) is 0 Å². The van der Waals surface area contributed by atoms with Crippen LogP contribution in [0.3, 0.4) is 0 Å². The third-order valence-corrected chi connectivity index (χ3v) is 2.67. The molecular weight excluding hydrogens is 260 g/mol. The summed E-state index contributed by atoms with van der Waals surface area (Å²) >= 11 is 5.61. The molecule has 0 aliphatic carbocycles. The average Bonchev–Trinajstić information content (AvgIpc) is 2.34. The molecule has 0 radical (unpaired) electrons. The van der Waals surface area contributed by atoms with E-state index in [2.05, 4.69) is 4.98 Å². The lowest BCUT2D eigenvalue weighted by molar-refractivity contribution is 0.0992. The number of carbonyl (C=O) groups is 1. The molecule has 18 heavy (non-hydrogen) atoms. The number of aromatic nitrogens is 1. The summed E-state index contributed by atoms with van der Waals surface area (Å²) in [5.41, 5.74) is 0.742. The van der Waals surface area contributed by atoms with Crippen LogP contribution >= 0.6 is 11.6 Å². The first kappa shape index (κ1) is 12.6. The summed E-state index contributed by atoms with van der Waals surface area (Å²) in [5, 5.41) is -0.0438. The van der Waals surface area contributed by atoms with Crippen LogP contribution in [0.4, 0.5) is 8.78 Å². The molecule has 0 aliphatic heterocycles. The van der Waals surface area contributed by atoms with Crippen LogP contribution < -0.4 is 0 Å². The Bertz CT molecular complexity index is 601. The molecule has 2 aromatic rings. The van der Waals surface area contributed by atoms with Crippen LogP contribution in [0, 0.1) is 11.6 Å². The van der Waals surface area contributed by atoms with Gasteiger partial charge in [-0.15, -0.1) is 0 Å². The van der Waals surface area contributed by atoms with E-state index in [1.807, 2.05) is 0 Å². The molecule has 2 rings (SSSR count). The van der Waals surface area contributed by atoms with Crippen LogP contribution in [0.25, 0.3) is 0 Å². The van der Waals surface area contributed by atoms with Crippen LogP contribution in [-0.4, -0.2) is 10.8 Å². The van der Waals surface area contributed by atoms with Gasteiger partial charge in [-0.2, -0.15) is 0 Å². The third-order valence-electron chi connectivity index (χ3n) is 2.38. The first-order valence-corrected chi connectivity index (χ1v) is 5.52.